The van der Waals surface area contributed by atoms with Crippen LogP contribution in [0.15, 0.2) is 72.8 Å². The highest BCUT2D eigenvalue weighted by Gasteiger charge is 2.51. The Kier molecular flexibility index (Phi) is 4.33. The highest BCUT2D eigenvalue weighted by atomic mass is 16.5. The van der Waals surface area contributed by atoms with Gasteiger partial charge < -0.3 is 4.74 Å². The molecule has 3 heteroatoms. The van der Waals surface area contributed by atoms with Crippen molar-refractivity contribution in [1.29, 1.82) is 0 Å². The Balaban J connectivity index is 1.79. The lowest BCUT2D eigenvalue weighted by Gasteiger charge is -2.49. The fourth-order valence-corrected chi connectivity index (χ4v) is 4.33. The molecule has 132 valence electrons. The van der Waals surface area contributed by atoms with Crippen LogP contribution < -0.4 is 0 Å². The van der Waals surface area contributed by atoms with Gasteiger partial charge in [0.15, 0.2) is 11.6 Å². The van der Waals surface area contributed by atoms with Crippen LogP contribution in [-0.4, -0.2) is 23.8 Å². The van der Waals surface area contributed by atoms with Crippen molar-refractivity contribution in [2.45, 2.75) is 24.9 Å². The number of allylic oxidation sites excluding steroid dienone is 1. The topological polar surface area (TPSA) is 43.4 Å². The second kappa shape index (κ2) is 6.65. The van der Waals surface area contributed by atoms with Crippen molar-refractivity contribution >= 4 is 11.6 Å². The zero-order valence-electron chi connectivity index (χ0n) is 14.8. The number of carbonyl (C=O) groups excluding carboxylic acids is 2. The zero-order valence-corrected chi connectivity index (χ0v) is 14.8. The molecule has 2 aliphatic rings. The highest BCUT2D eigenvalue weighted by Crippen LogP contribution is 2.48. The third-order valence-electron chi connectivity index (χ3n) is 5.79. The summed E-state index contributed by atoms with van der Waals surface area (Å²) < 4.78 is 6.21. The average molecular weight is 346 g/mol. The molecule has 2 aromatic rings. The van der Waals surface area contributed by atoms with Gasteiger partial charge in [-0.05, 0) is 24.6 Å². The number of rotatable bonds is 3. The van der Waals surface area contributed by atoms with Crippen LogP contribution in [0.25, 0.3) is 0 Å². The van der Waals surface area contributed by atoms with Crippen LogP contribution in [-0.2, 0) is 9.53 Å². The maximum absolute atomic E-state index is 13.5. The van der Waals surface area contributed by atoms with E-state index in [1.165, 1.54) is 0 Å². The maximum atomic E-state index is 13.5. The fourth-order valence-electron chi connectivity index (χ4n) is 4.33. The Hall–Kier alpha value is -2.52. The molecule has 0 bridgehead atoms. The van der Waals surface area contributed by atoms with Gasteiger partial charge in [-0.3, -0.25) is 9.59 Å². The van der Waals surface area contributed by atoms with E-state index in [0.717, 1.165) is 5.56 Å². The van der Waals surface area contributed by atoms with Crippen molar-refractivity contribution in [2.24, 2.45) is 11.8 Å². The molecule has 1 aliphatic heterocycles. The Bertz CT molecular complexity index is 840. The molecule has 0 saturated carbocycles. The molecule has 0 radical (unpaired) electrons. The molecule has 1 heterocycles. The first-order chi connectivity index (χ1) is 12.6. The molecule has 26 heavy (non-hydrogen) atoms. The van der Waals surface area contributed by atoms with Crippen molar-refractivity contribution in [3.8, 4) is 0 Å². The average Bonchev–Trinajstić information content (AvgIpc) is 2.68. The Morgan fingerprint density at radius 2 is 1.69 bits per heavy atom. The molecule has 3 nitrogen and oxygen atoms in total. The molecular formula is C23H22O3. The Morgan fingerprint density at radius 1 is 1.04 bits per heavy atom. The van der Waals surface area contributed by atoms with Crippen molar-refractivity contribution in [1.82, 2.24) is 0 Å². The number of Topliss-reactive ketones (excluding diaryl/α,β-unsaturated/α-hetero) is 1. The largest absolute Gasteiger partial charge is 0.370 e. The number of benzene rings is 2. The smallest absolute Gasteiger partial charge is 0.167 e. The standard InChI is InChI=1S/C23H22O3/c1-23-13-12-18(24)14-20(23)21(22(25)17-10-6-3-7-11-17)19(15-26-23)16-8-4-2-5-9-16/h2-13,19-21H,14-15H2,1H3/t19-,20-,21-,23-/m1/s1. The predicted octanol–water partition coefficient (Wildman–Crippen LogP) is 4.20. The minimum Gasteiger partial charge on any atom is -0.370 e. The molecule has 1 saturated heterocycles. The van der Waals surface area contributed by atoms with Crippen LogP contribution in [0.1, 0.15) is 35.2 Å². The quantitative estimate of drug-likeness (QED) is 0.782. The summed E-state index contributed by atoms with van der Waals surface area (Å²) in [5.74, 6) is -0.335. The molecule has 1 aliphatic carbocycles. The first-order valence-electron chi connectivity index (χ1n) is 9.09. The van der Waals surface area contributed by atoms with Crippen molar-refractivity contribution < 1.29 is 14.3 Å². The second-order valence-electron chi connectivity index (χ2n) is 7.38. The lowest BCUT2D eigenvalue weighted by atomic mass is 9.63. The Labute approximate surface area is 153 Å². The first-order valence-corrected chi connectivity index (χ1v) is 9.09. The molecule has 0 amide bonds. The van der Waals surface area contributed by atoms with Gasteiger partial charge in [-0.2, -0.15) is 0 Å². The van der Waals surface area contributed by atoms with Gasteiger partial charge >= 0.3 is 0 Å². The number of carbonyl (C=O) groups is 2. The number of ketones is 2. The molecule has 0 spiro atoms. The summed E-state index contributed by atoms with van der Waals surface area (Å²) in [6.45, 7) is 2.46. The van der Waals surface area contributed by atoms with E-state index in [9.17, 15) is 9.59 Å². The van der Waals surface area contributed by atoms with Gasteiger partial charge in [-0.15, -0.1) is 0 Å². The summed E-state index contributed by atoms with van der Waals surface area (Å²) in [4.78, 5) is 25.7. The van der Waals surface area contributed by atoms with E-state index in [4.69, 9.17) is 4.74 Å². The van der Waals surface area contributed by atoms with E-state index in [1.54, 1.807) is 6.08 Å². The number of ether oxygens (including phenoxy) is 1. The summed E-state index contributed by atoms with van der Waals surface area (Å²) in [5.41, 5.74) is 1.21. The molecule has 4 rings (SSSR count). The summed E-state index contributed by atoms with van der Waals surface area (Å²) in [6, 6.07) is 19.4. The van der Waals surface area contributed by atoms with Gasteiger partial charge in [0.2, 0.25) is 0 Å². The van der Waals surface area contributed by atoms with Crippen LogP contribution in [0.3, 0.4) is 0 Å². The zero-order chi connectivity index (χ0) is 18.1. The van der Waals surface area contributed by atoms with Gasteiger partial charge in [-0.25, -0.2) is 0 Å². The second-order valence-corrected chi connectivity index (χ2v) is 7.38. The van der Waals surface area contributed by atoms with Crippen LogP contribution >= 0.6 is 0 Å². The SMILES string of the molecule is C[C@@]12C=CC(=O)C[C@@H]1[C@H](C(=O)c1ccccc1)[C@@H](c1ccccc1)CO2. The van der Waals surface area contributed by atoms with E-state index < -0.39 is 5.60 Å². The van der Waals surface area contributed by atoms with Crippen LogP contribution in [0, 0.1) is 11.8 Å². The van der Waals surface area contributed by atoms with Crippen molar-refractivity contribution in [2.75, 3.05) is 6.61 Å². The van der Waals surface area contributed by atoms with Crippen LogP contribution in [0.5, 0.6) is 0 Å². The fraction of sp³-hybridized carbons (Fsp3) is 0.304. The van der Waals surface area contributed by atoms with E-state index in [0.29, 0.717) is 18.6 Å². The number of hydrogen-bond donors (Lipinski definition) is 0. The number of fused-ring (bicyclic) bond motifs is 1. The first kappa shape index (κ1) is 16.9. The normalized spacial score (nSPS) is 30.7. The lowest BCUT2D eigenvalue weighted by Crippen LogP contribution is -2.53. The van der Waals surface area contributed by atoms with E-state index >= 15 is 0 Å². The van der Waals surface area contributed by atoms with E-state index in [2.05, 4.69) is 0 Å². The van der Waals surface area contributed by atoms with Gasteiger partial charge in [0.25, 0.3) is 0 Å². The van der Waals surface area contributed by atoms with E-state index in [1.807, 2.05) is 73.7 Å². The molecule has 0 aromatic heterocycles. The minimum absolute atomic E-state index is 0.0544. The third kappa shape index (κ3) is 2.93. The van der Waals surface area contributed by atoms with Crippen LogP contribution in [0.4, 0.5) is 0 Å². The minimum atomic E-state index is -0.575. The Morgan fingerprint density at radius 3 is 2.38 bits per heavy atom. The monoisotopic (exact) mass is 346 g/mol. The molecular weight excluding hydrogens is 324 g/mol. The van der Waals surface area contributed by atoms with Gasteiger partial charge in [-0.1, -0.05) is 60.7 Å². The van der Waals surface area contributed by atoms with E-state index in [-0.39, 0.29) is 29.3 Å². The van der Waals surface area contributed by atoms with Crippen LogP contribution in [0.2, 0.25) is 0 Å². The third-order valence-corrected chi connectivity index (χ3v) is 5.79. The molecule has 2 aromatic carbocycles. The summed E-state index contributed by atoms with van der Waals surface area (Å²) in [5, 5.41) is 0. The molecule has 0 unspecified atom stereocenters. The van der Waals surface area contributed by atoms with Crippen molar-refractivity contribution in [3.05, 3.63) is 83.9 Å². The molecule has 4 atom stereocenters. The van der Waals surface area contributed by atoms with Gasteiger partial charge in [0.1, 0.15) is 0 Å². The predicted molar refractivity (Wildman–Crippen MR) is 100 cm³/mol. The van der Waals surface area contributed by atoms with Gasteiger partial charge in [0, 0.05) is 29.7 Å². The summed E-state index contributed by atoms with van der Waals surface area (Å²) >= 11 is 0. The molecule has 1 fully saturated rings. The van der Waals surface area contributed by atoms with Crippen molar-refractivity contribution in [3.63, 3.8) is 0 Å². The molecule has 0 N–H and O–H groups in total. The summed E-state index contributed by atoms with van der Waals surface area (Å²) in [6.07, 6.45) is 3.79. The number of hydrogen-bond acceptors (Lipinski definition) is 3. The lowest BCUT2D eigenvalue weighted by molar-refractivity contribution is -0.132. The maximum Gasteiger partial charge on any atom is 0.167 e. The highest BCUT2D eigenvalue weighted by molar-refractivity contribution is 6.00. The summed E-state index contributed by atoms with van der Waals surface area (Å²) in [7, 11) is 0. The van der Waals surface area contributed by atoms with Gasteiger partial charge in [0.05, 0.1) is 12.2 Å².